The van der Waals surface area contributed by atoms with Gasteiger partial charge in [0.25, 0.3) is 5.91 Å². The lowest BCUT2D eigenvalue weighted by molar-refractivity contribution is -0.189. The number of carbonyl (C=O) groups excluding carboxylic acids is 4. The number of hydrogen-bond donors (Lipinski definition) is 3. The van der Waals surface area contributed by atoms with Gasteiger partial charge in [-0.25, -0.2) is 14.8 Å². The van der Waals surface area contributed by atoms with E-state index in [9.17, 15) is 24.3 Å². The van der Waals surface area contributed by atoms with Gasteiger partial charge in [0.2, 0.25) is 11.8 Å². The molecule has 11 nitrogen and oxygen atoms in total. The maximum Gasteiger partial charge on any atom is 0.334 e. The van der Waals surface area contributed by atoms with Crippen LogP contribution in [0.5, 0.6) is 5.75 Å². The van der Waals surface area contributed by atoms with Crippen molar-refractivity contribution in [3.63, 3.8) is 0 Å². The van der Waals surface area contributed by atoms with Crippen molar-refractivity contribution in [2.45, 2.75) is 44.6 Å². The zero-order chi connectivity index (χ0) is 32.9. The summed E-state index contributed by atoms with van der Waals surface area (Å²) in [5, 5.41) is 19.0. The summed E-state index contributed by atoms with van der Waals surface area (Å²) >= 11 is 0. The van der Waals surface area contributed by atoms with Gasteiger partial charge >= 0.3 is 6.03 Å². The van der Waals surface area contributed by atoms with E-state index in [4.69, 9.17) is 0 Å². The topological polar surface area (TPSA) is 126 Å². The number of nitrogens with one attached hydrogen (secondary N) is 2. The van der Waals surface area contributed by atoms with E-state index < -0.39 is 18.2 Å². The van der Waals surface area contributed by atoms with E-state index in [1.54, 1.807) is 58.4 Å². The Morgan fingerprint density at radius 2 is 1.66 bits per heavy atom. The first-order valence-electron chi connectivity index (χ1n) is 16.0. The zero-order valence-electron chi connectivity index (χ0n) is 26.3. The molecule has 244 valence electrons. The average Bonchev–Trinajstić information content (AvgIpc) is 3.91. The minimum atomic E-state index is -0.897. The standard InChI is InChI=1S/C36H40N6O5/c1-2-17-40-24-33(44)41-31(19-25-13-15-30(43)16-14-25)35(46)39(22-28-9-6-10-29(18-28)34(45)37-20-27-11-12-27)23-32(41)42(40)36(47)38-21-26-7-4-3-5-8-26/h2-10,13-16,18,27,31-32,43H,1,11-12,17,19-24H2,(H,37,45)(H,38,47)/t31?,32-/m0/s1. The van der Waals surface area contributed by atoms with Crippen LogP contribution in [-0.4, -0.2) is 87.1 Å². The lowest BCUT2D eigenvalue weighted by Gasteiger charge is -2.55. The number of hydrazine groups is 1. The summed E-state index contributed by atoms with van der Waals surface area (Å²) < 4.78 is 0. The van der Waals surface area contributed by atoms with Crippen LogP contribution < -0.4 is 10.6 Å². The Bertz CT molecular complexity index is 1630. The summed E-state index contributed by atoms with van der Waals surface area (Å²) in [5.41, 5.74) is 2.96. The maximum absolute atomic E-state index is 14.3. The molecule has 2 saturated heterocycles. The number of urea groups is 1. The van der Waals surface area contributed by atoms with Gasteiger partial charge in [-0.2, -0.15) is 0 Å². The van der Waals surface area contributed by atoms with Crippen molar-refractivity contribution in [1.82, 2.24) is 30.5 Å². The summed E-state index contributed by atoms with van der Waals surface area (Å²) in [6, 6.07) is 22.0. The highest BCUT2D eigenvalue weighted by Gasteiger charge is 2.51. The van der Waals surface area contributed by atoms with Gasteiger partial charge in [-0.15, -0.1) is 6.58 Å². The minimum absolute atomic E-state index is 0.0706. The normalized spacial score (nSPS) is 19.7. The molecule has 1 aliphatic carbocycles. The molecular weight excluding hydrogens is 596 g/mol. The van der Waals surface area contributed by atoms with E-state index in [2.05, 4.69) is 17.2 Å². The van der Waals surface area contributed by atoms with Crippen LogP contribution in [0.2, 0.25) is 0 Å². The number of benzene rings is 3. The van der Waals surface area contributed by atoms with E-state index in [1.807, 2.05) is 36.4 Å². The van der Waals surface area contributed by atoms with E-state index in [0.717, 1.165) is 29.5 Å². The molecule has 3 fully saturated rings. The van der Waals surface area contributed by atoms with Crippen LogP contribution in [0, 0.1) is 5.92 Å². The first kappa shape index (κ1) is 31.8. The molecule has 0 radical (unpaired) electrons. The molecule has 0 bridgehead atoms. The van der Waals surface area contributed by atoms with Gasteiger partial charge in [0.15, 0.2) is 0 Å². The van der Waals surface area contributed by atoms with Crippen molar-refractivity contribution in [3.8, 4) is 5.75 Å². The number of piperazine rings is 1. The van der Waals surface area contributed by atoms with Crippen LogP contribution in [0.15, 0.2) is 91.5 Å². The third-order valence-electron chi connectivity index (χ3n) is 8.84. The van der Waals surface area contributed by atoms with Gasteiger partial charge < -0.3 is 25.5 Å². The number of aromatic hydroxyl groups is 1. The van der Waals surface area contributed by atoms with Crippen LogP contribution >= 0.6 is 0 Å². The molecule has 2 aliphatic heterocycles. The predicted molar refractivity (Wildman–Crippen MR) is 175 cm³/mol. The number of phenols is 1. The van der Waals surface area contributed by atoms with Crippen LogP contribution in [0.3, 0.4) is 0 Å². The van der Waals surface area contributed by atoms with Crippen molar-refractivity contribution in [2.24, 2.45) is 5.92 Å². The summed E-state index contributed by atoms with van der Waals surface area (Å²) in [7, 11) is 0. The van der Waals surface area contributed by atoms with E-state index in [-0.39, 0.29) is 62.6 Å². The highest BCUT2D eigenvalue weighted by atomic mass is 16.3. The molecule has 3 aliphatic rings. The summed E-state index contributed by atoms with van der Waals surface area (Å²) in [6.45, 7) is 5.19. The summed E-state index contributed by atoms with van der Waals surface area (Å²) in [6.07, 6.45) is 3.31. The van der Waals surface area contributed by atoms with Gasteiger partial charge in [-0.3, -0.25) is 14.4 Å². The Balaban J connectivity index is 1.30. The molecule has 3 aromatic carbocycles. The number of nitrogens with zero attached hydrogens (tertiary/aromatic N) is 4. The van der Waals surface area contributed by atoms with E-state index in [1.165, 1.54) is 9.91 Å². The van der Waals surface area contributed by atoms with E-state index >= 15 is 0 Å². The number of carbonyl (C=O) groups is 4. The molecule has 3 N–H and O–H groups in total. The molecule has 2 heterocycles. The Morgan fingerprint density at radius 1 is 0.915 bits per heavy atom. The zero-order valence-corrected chi connectivity index (χ0v) is 26.3. The van der Waals surface area contributed by atoms with Gasteiger partial charge in [0.1, 0.15) is 18.0 Å². The highest BCUT2D eigenvalue weighted by molar-refractivity contribution is 5.94. The third-order valence-corrected chi connectivity index (χ3v) is 8.84. The Labute approximate surface area is 274 Å². The van der Waals surface area contributed by atoms with Crippen molar-refractivity contribution < 1.29 is 24.3 Å². The first-order valence-corrected chi connectivity index (χ1v) is 16.0. The van der Waals surface area contributed by atoms with Crippen molar-refractivity contribution in [2.75, 3.05) is 26.2 Å². The van der Waals surface area contributed by atoms with Crippen molar-refractivity contribution in [3.05, 3.63) is 114 Å². The molecule has 3 aromatic rings. The number of fused-ring (bicyclic) bond motifs is 1. The molecule has 1 saturated carbocycles. The molecule has 6 rings (SSSR count). The molecule has 2 atom stereocenters. The van der Waals surface area contributed by atoms with Crippen LogP contribution in [0.1, 0.15) is 39.9 Å². The highest BCUT2D eigenvalue weighted by Crippen LogP contribution is 2.30. The Kier molecular flexibility index (Phi) is 9.53. The molecule has 1 unspecified atom stereocenters. The van der Waals surface area contributed by atoms with Crippen LogP contribution in [-0.2, 0) is 29.1 Å². The third kappa shape index (κ3) is 7.47. The van der Waals surface area contributed by atoms with Crippen molar-refractivity contribution in [1.29, 1.82) is 0 Å². The van der Waals surface area contributed by atoms with Gasteiger partial charge in [0, 0.05) is 38.2 Å². The van der Waals surface area contributed by atoms with Gasteiger partial charge in [-0.05, 0) is 59.7 Å². The minimum Gasteiger partial charge on any atom is -0.508 e. The van der Waals surface area contributed by atoms with Crippen LogP contribution in [0.25, 0.3) is 0 Å². The molecule has 5 amide bonds. The fourth-order valence-corrected chi connectivity index (χ4v) is 6.25. The smallest absolute Gasteiger partial charge is 0.334 e. The fraction of sp³-hybridized carbons (Fsp3) is 0.333. The molecule has 0 spiro atoms. The largest absolute Gasteiger partial charge is 0.508 e. The van der Waals surface area contributed by atoms with E-state index in [0.29, 0.717) is 18.0 Å². The quantitative estimate of drug-likeness (QED) is 0.278. The van der Waals surface area contributed by atoms with Crippen molar-refractivity contribution >= 4 is 23.8 Å². The summed E-state index contributed by atoms with van der Waals surface area (Å²) in [4.78, 5) is 58.0. The van der Waals surface area contributed by atoms with Gasteiger partial charge in [-0.1, -0.05) is 60.7 Å². The maximum atomic E-state index is 14.3. The number of rotatable bonds is 11. The monoisotopic (exact) mass is 636 g/mol. The lowest BCUT2D eigenvalue weighted by Crippen LogP contribution is -2.76. The summed E-state index contributed by atoms with van der Waals surface area (Å²) in [5.74, 6) is -0.0321. The second-order valence-electron chi connectivity index (χ2n) is 12.4. The van der Waals surface area contributed by atoms with Gasteiger partial charge in [0.05, 0.1) is 13.1 Å². The average molecular weight is 637 g/mol. The number of amides is 5. The second kappa shape index (κ2) is 14.1. The first-order chi connectivity index (χ1) is 22.8. The molecule has 47 heavy (non-hydrogen) atoms. The Hall–Kier alpha value is -5.16. The molecule has 11 heteroatoms. The Morgan fingerprint density at radius 3 is 2.38 bits per heavy atom. The number of phenolic OH excluding ortho intramolecular Hbond substituents is 1. The second-order valence-corrected chi connectivity index (χ2v) is 12.4. The van der Waals surface area contributed by atoms with Crippen LogP contribution in [0.4, 0.5) is 4.79 Å². The molecule has 0 aromatic heterocycles. The lowest BCUT2D eigenvalue weighted by atomic mass is 9.98. The SMILES string of the molecule is C=CCN1CC(=O)N2C(Cc3ccc(O)cc3)C(=O)N(Cc3cccc(C(=O)NCC4CC4)c3)C[C@@H]2N1C(=O)NCc1ccccc1. The number of hydrogen-bond acceptors (Lipinski definition) is 6. The fourth-order valence-electron chi connectivity index (χ4n) is 6.25. The molecular formula is C36H40N6O5. The predicted octanol–water partition coefficient (Wildman–Crippen LogP) is 3.27.